The molecule has 0 bridgehead atoms. The van der Waals surface area contributed by atoms with Gasteiger partial charge in [-0.3, -0.25) is 14.5 Å². The Labute approximate surface area is 210 Å². The number of aryl methyl sites for hydroxylation is 1. The van der Waals surface area contributed by atoms with Crippen molar-refractivity contribution in [2.75, 3.05) is 25.2 Å². The minimum atomic E-state index is -0.848. The zero-order valence-corrected chi connectivity index (χ0v) is 20.8. The fraction of sp³-hybridized carbons (Fsp3) is 0.241. The molecule has 0 aromatic heterocycles. The maximum absolute atomic E-state index is 13.4. The number of methoxy groups -OCH3 is 1. The summed E-state index contributed by atoms with van der Waals surface area (Å²) in [5.41, 5.74) is 2.33. The van der Waals surface area contributed by atoms with Crippen LogP contribution in [0, 0.1) is 6.92 Å². The van der Waals surface area contributed by atoms with Crippen molar-refractivity contribution in [2.45, 2.75) is 26.8 Å². The van der Waals surface area contributed by atoms with E-state index < -0.39 is 17.7 Å². The zero-order valence-electron chi connectivity index (χ0n) is 20.8. The predicted octanol–water partition coefficient (Wildman–Crippen LogP) is 5.43. The lowest BCUT2D eigenvalue weighted by Crippen LogP contribution is -2.29. The Kier molecular flexibility index (Phi) is 7.29. The monoisotopic (exact) mass is 487 g/mol. The van der Waals surface area contributed by atoms with Crippen molar-refractivity contribution >= 4 is 23.1 Å². The van der Waals surface area contributed by atoms with E-state index in [4.69, 9.17) is 14.2 Å². The van der Waals surface area contributed by atoms with Gasteiger partial charge in [0.2, 0.25) is 0 Å². The molecule has 1 N–H and O–H groups in total. The molecular formula is C29H29NO6. The van der Waals surface area contributed by atoms with Gasteiger partial charge in [-0.25, -0.2) is 0 Å². The summed E-state index contributed by atoms with van der Waals surface area (Å²) >= 11 is 0. The van der Waals surface area contributed by atoms with Crippen molar-refractivity contribution in [2.24, 2.45) is 0 Å². The average molecular weight is 488 g/mol. The molecule has 7 nitrogen and oxygen atoms in total. The van der Waals surface area contributed by atoms with E-state index in [0.29, 0.717) is 52.8 Å². The van der Waals surface area contributed by atoms with E-state index in [1.54, 1.807) is 73.8 Å². The molecule has 1 heterocycles. The molecule has 0 spiro atoms. The second-order valence-corrected chi connectivity index (χ2v) is 8.28. The van der Waals surface area contributed by atoms with Gasteiger partial charge in [-0.2, -0.15) is 0 Å². The number of nitrogens with zero attached hydrogens (tertiary/aromatic N) is 1. The third-order valence-corrected chi connectivity index (χ3v) is 6.05. The van der Waals surface area contributed by atoms with Gasteiger partial charge in [0.05, 0.1) is 31.9 Å². The van der Waals surface area contributed by atoms with Gasteiger partial charge in [0.25, 0.3) is 11.7 Å². The second kappa shape index (κ2) is 10.6. The molecule has 3 aromatic rings. The van der Waals surface area contributed by atoms with Crippen LogP contribution >= 0.6 is 0 Å². The SMILES string of the molecule is CCOc1ccc(C2/C(=C(/O)c3ccc(OC)cc3C)C(=O)C(=O)N2c2cccc(OCC)c2)cc1. The van der Waals surface area contributed by atoms with E-state index in [1.165, 1.54) is 4.90 Å². The molecule has 4 rings (SSSR count). The van der Waals surface area contributed by atoms with Crippen LogP contribution in [-0.2, 0) is 9.59 Å². The molecule has 1 aliphatic rings. The highest BCUT2D eigenvalue weighted by atomic mass is 16.5. The Morgan fingerprint density at radius 1 is 0.889 bits per heavy atom. The zero-order chi connectivity index (χ0) is 25.8. The van der Waals surface area contributed by atoms with E-state index in [-0.39, 0.29) is 11.3 Å². The van der Waals surface area contributed by atoms with Crippen LogP contribution in [0.4, 0.5) is 5.69 Å². The van der Waals surface area contributed by atoms with Gasteiger partial charge >= 0.3 is 0 Å². The number of Topliss-reactive ketones (excluding diaryl/α,β-unsaturated/α-hetero) is 1. The fourth-order valence-corrected chi connectivity index (χ4v) is 4.39. The predicted molar refractivity (Wildman–Crippen MR) is 138 cm³/mol. The number of carbonyl (C=O) groups excluding carboxylic acids is 2. The first kappa shape index (κ1) is 24.9. The van der Waals surface area contributed by atoms with Crippen molar-refractivity contribution in [1.29, 1.82) is 0 Å². The number of rotatable bonds is 8. The molecule has 1 amide bonds. The standard InChI is InChI=1S/C29H29NO6/c1-5-35-21-12-10-19(11-13-21)26-25(27(31)24-15-14-22(34-4)16-18(24)3)28(32)29(33)30(26)20-8-7-9-23(17-20)36-6-2/h7-17,26,31H,5-6H2,1-4H3/b27-25-. The summed E-state index contributed by atoms with van der Waals surface area (Å²) in [6.45, 7) is 6.55. The molecule has 1 unspecified atom stereocenters. The van der Waals surface area contributed by atoms with Gasteiger partial charge in [0, 0.05) is 17.3 Å². The first-order chi connectivity index (χ1) is 17.4. The van der Waals surface area contributed by atoms with Crippen molar-refractivity contribution in [1.82, 2.24) is 0 Å². The van der Waals surface area contributed by atoms with Crippen LogP contribution in [0.25, 0.3) is 5.76 Å². The summed E-state index contributed by atoms with van der Waals surface area (Å²) in [7, 11) is 1.56. The van der Waals surface area contributed by atoms with Crippen LogP contribution < -0.4 is 19.1 Å². The van der Waals surface area contributed by atoms with E-state index in [0.717, 1.165) is 0 Å². The third-order valence-electron chi connectivity index (χ3n) is 6.05. The number of ketones is 1. The van der Waals surface area contributed by atoms with Gasteiger partial charge in [0.15, 0.2) is 0 Å². The van der Waals surface area contributed by atoms with E-state index in [9.17, 15) is 14.7 Å². The summed E-state index contributed by atoms with van der Waals surface area (Å²) in [5.74, 6) is 0.144. The Hall–Kier alpha value is -4.26. The molecule has 36 heavy (non-hydrogen) atoms. The lowest BCUT2D eigenvalue weighted by atomic mass is 9.93. The summed E-state index contributed by atoms with van der Waals surface area (Å²) < 4.78 is 16.5. The van der Waals surface area contributed by atoms with Crippen LogP contribution in [0.2, 0.25) is 0 Å². The highest BCUT2D eigenvalue weighted by Crippen LogP contribution is 2.43. The molecule has 0 saturated carbocycles. The molecule has 1 fully saturated rings. The molecule has 0 radical (unpaired) electrons. The van der Waals surface area contributed by atoms with E-state index in [2.05, 4.69) is 0 Å². The maximum Gasteiger partial charge on any atom is 0.300 e. The summed E-state index contributed by atoms with van der Waals surface area (Å²) in [4.78, 5) is 28.2. The Morgan fingerprint density at radius 3 is 2.19 bits per heavy atom. The minimum absolute atomic E-state index is 0.0132. The molecular weight excluding hydrogens is 458 g/mol. The van der Waals surface area contributed by atoms with Gasteiger partial charge in [-0.05, 0) is 74.4 Å². The number of aliphatic hydroxyl groups excluding tert-OH is 1. The van der Waals surface area contributed by atoms with Crippen molar-refractivity contribution in [3.8, 4) is 17.2 Å². The fourth-order valence-electron chi connectivity index (χ4n) is 4.39. The van der Waals surface area contributed by atoms with Gasteiger partial charge < -0.3 is 19.3 Å². The van der Waals surface area contributed by atoms with Gasteiger partial charge in [-0.1, -0.05) is 18.2 Å². The minimum Gasteiger partial charge on any atom is -0.507 e. The van der Waals surface area contributed by atoms with E-state index >= 15 is 0 Å². The Balaban J connectivity index is 1.91. The number of carbonyl (C=O) groups is 2. The second-order valence-electron chi connectivity index (χ2n) is 8.28. The van der Waals surface area contributed by atoms with Crippen LogP contribution in [0.15, 0.2) is 72.3 Å². The smallest absolute Gasteiger partial charge is 0.300 e. The van der Waals surface area contributed by atoms with E-state index in [1.807, 2.05) is 20.8 Å². The molecule has 1 aliphatic heterocycles. The van der Waals surface area contributed by atoms with Crippen LogP contribution in [0.3, 0.4) is 0 Å². The summed E-state index contributed by atoms with van der Waals surface area (Å²) in [6, 6.07) is 18.5. The number of benzene rings is 3. The van der Waals surface area contributed by atoms with Crippen molar-refractivity contribution < 1.29 is 28.9 Å². The highest BCUT2D eigenvalue weighted by molar-refractivity contribution is 6.51. The average Bonchev–Trinajstić information content (AvgIpc) is 3.15. The quantitative estimate of drug-likeness (QED) is 0.259. The number of hydrogen-bond acceptors (Lipinski definition) is 6. The van der Waals surface area contributed by atoms with Crippen LogP contribution in [-0.4, -0.2) is 37.1 Å². The first-order valence-electron chi connectivity index (χ1n) is 11.8. The Morgan fingerprint density at radius 2 is 1.56 bits per heavy atom. The summed E-state index contributed by atoms with van der Waals surface area (Å²) in [5, 5.41) is 11.4. The molecule has 1 atom stereocenters. The maximum atomic E-state index is 13.4. The topological polar surface area (TPSA) is 85.3 Å². The third kappa shape index (κ3) is 4.64. The Bertz CT molecular complexity index is 1310. The number of aliphatic hydroxyl groups is 1. The van der Waals surface area contributed by atoms with Crippen molar-refractivity contribution in [3.05, 3.63) is 89.0 Å². The molecule has 3 aromatic carbocycles. The lowest BCUT2D eigenvalue weighted by Gasteiger charge is -2.26. The number of anilines is 1. The normalized spacial score (nSPS) is 16.8. The molecule has 0 aliphatic carbocycles. The lowest BCUT2D eigenvalue weighted by molar-refractivity contribution is -0.132. The van der Waals surface area contributed by atoms with Crippen LogP contribution in [0.1, 0.15) is 36.6 Å². The van der Waals surface area contributed by atoms with Crippen LogP contribution in [0.5, 0.6) is 17.2 Å². The largest absolute Gasteiger partial charge is 0.507 e. The number of ether oxygens (including phenoxy) is 3. The highest BCUT2D eigenvalue weighted by Gasteiger charge is 2.47. The molecule has 7 heteroatoms. The number of amides is 1. The van der Waals surface area contributed by atoms with Crippen molar-refractivity contribution in [3.63, 3.8) is 0 Å². The number of hydrogen-bond donors (Lipinski definition) is 1. The molecule has 186 valence electrons. The summed E-state index contributed by atoms with van der Waals surface area (Å²) in [6.07, 6.45) is 0. The first-order valence-corrected chi connectivity index (χ1v) is 11.8. The van der Waals surface area contributed by atoms with Gasteiger partial charge in [0.1, 0.15) is 23.0 Å². The van der Waals surface area contributed by atoms with Gasteiger partial charge in [-0.15, -0.1) is 0 Å². The molecule has 1 saturated heterocycles.